The first-order valence-corrected chi connectivity index (χ1v) is 7.09. The Balaban J connectivity index is 2.08. The summed E-state index contributed by atoms with van der Waals surface area (Å²) in [6, 6.07) is 11.3. The first-order valence-electron chi connectivity index (χ1n) is 6.72. The van der Waals surface area contributed by atoms with Crippen LogP contribution in [-0.4, -0.2) is 0 Å². The zero-order valence-corrected chi connectivity index (χ0v) is 12.8. The second kappa shape index (κ2) is 6.38. The average molecular weight is 292 g/mol. The van der Waals surface area contributed by atoms with Crippen molar-refractivity contribution in [3.63, 3.8) is 0 Å². The molecule has 1 N–H and O–H groups in total. The lowest BCUT2D eigenvalue weighted by Crippen LogP contribution is -2.19. The van der Waals surface area contributed by atoms with E-state index < -0.39 is 0 Å². The Morgan fingerprint density at radius 3 is 2.60 bits per heavy atom. The average Bonchev–Trinajstić information content (AvgIpc) is 2.40. The molecule has 0 amide bonds. The number of halogens is 2. The van der Waals surface area contributed by atoms with Gasteiger partial charge in [-0.05, 0) is 44.0 Å². The second-order valence-corrected chi connectivity index (χ2v) is 5.63. The van der Waals surface area contributed by atoms with E-state index in [1.165, 1.54) is 22.8 Å². The molecule has 1 atom stereocenters. The van der Waals surface area contributed by atoms with Crippen molar-refractivity contribution in [3.8, 4) is 0 Å². The zero-order valence-electron chi connectivity index (χ0n) is 12.0. The summed E-state index contributed by atoms with van der Waals surface area (Å²) >= 11 is 5.75. The fraction of sp³-hybridized carbons (Fsp3) is 0.294. The van der Waals surface area contributed by atoms with E-state index in [0.29, 0.717) is 17.1 Å². The third kappa shape index (κ3) is 3.59. The van der Waals surface area contributed by atoms with Gasteiger partial charge in [0.15, 0.2) is 0 Å². The van der Waals surface area contributed by atoms with Crippen molar-refractivity contribution >= 4 is 11.6 Å². The standard InChI is InChI=1S/C17H19ClFN/c1-11-4-5-12(2)16(8-11)13(3)20-10-14-6-7-15(18)9-17(14)19/h4-9,13,20H,10H2,1-3H3. The molecule has 106 valence electrons. The van der Waals surface area contributed by atoms with Crippen LogP contribution in [0.1, 0.15) is 35.2 Å². The molecule has 2 rings (SSSR count). The van der Waals surface area contributed by atoms with Gasteiger partial charge in [0.1, 0.15) is 5.82 Å². The van der Waals surface area contributed by atoms with Crippen LogP contribution in [0.25, 0.3) is 0 Å². The van der Waals surface area contributed by atoms with Gasteiger partial charge in [0, 0.05) is 23.2 Å². The van der Waals surface area contributed by atoms with Crippen LogP contribution in [-0.2, 0) is 6.54 Å². The lowest BCUT2D eigenvalue weighted by Gasteiger charge is -2.17. The largest absolute Gasteiger partial charge is 0.306 e. The molecule has 3 heteroatoms. The van der Waals surface area contributed by atoms with Crippen LogP contribution in [0.3, 0.4) is 0 Å². The Morgan fingerprint density at radius 2 is 1.90 bits per heavy atom. The summed E-state index contributed by atoms with van der Waals surface area (Å²) in [5, 5.41) is 3.79. The summed E-state index contributed by atoms with van der Waals surface area (Å²) in [4.78, 5) is 0. The molecule has 2 aromatic carbocycles. The highest BCUT2D eigenvalue weighted by molar-refractivity contribution is 6.30. The summed E-state index contributed by atoms with van der Waals surface area (Å²) in [7, 11) is 0. The molecule has 20 heavy (non-hydrogen) atoms. The van der Waals surface area contributed by atoms with Crippen molar-refractivity contribution in [3.05, 3.63) is 69.5 Å². The molecule has 0 fully saturated rings. The van der Waals surface area contributed by atoms with Crippen LogP contribution in [0.5, 0.6) is 0 Å². The van der Waals surface area contributed by atoms with Crippen LogP contribution in [0.15, 0.2) is 36.4 Å². The maximum atomic E-state index is 13.7. The molecule has 0 bridgehead atoms. The minimum atomic E-state index is -0.266. The van der Waals surface area contributed by atoms with Gasteiger partial charge < -0.3 is 5.32 Å². The van der Waals surface area contributed by atoms with Gasteiger partial charge in [-0.1, -0.05) is 41.4 Å². The quantitative estimate of drug-likeness (QED) is 0.841. The fourth-order valence-electron chi connectivity index (χ4n) is 2.26. The maximum absolute atomic E-state index is 13.7. The smallest absolute Gasteiger partial charge is 0.129 e. The minimum Gasteiger partial charge on any atom is -0.306 e. The maximum Gasteiger partial charge on any atom is 0.129 e. The first-order chi connectivity index (χ1) is 9.47. The molecule has 0 radical (unpaired) electrons. The van der Waals surface area contributed by atoms with Crippen LogP contribution in [0.4, 0.5) is 4.39 Å². The highest BCUT2D eigenvalue weighted by atomic mass is 35.5. The summed E-state index contributed by atoms with van der Waals surface area (Å²) in [6.45, 7) is 6.75. The Hall–Kier alpha value is -1.38. The minimum absolute atomic E-state index is 0.171. The van der Waals surface area contributed by atoms with E-state index in [9.17, 15) is 4.39 Å². The van der Waals surface area contributed by atoms with E-state index >= 15 is 0 Å². The van der Waals surface area contributed by atoms with Crippen molar-refractivity contribution in [1.82, 2.24) is 5.32 Å². The van der Waals surface area contributed by atoms with Crippen molar-refractivity contribution in [2.75, 3.05) is 0 Å². The molecule has 0 heterocycles. The van der Waals surface area contributed by atoms with Crippen LogP contribution in [0.2, 0.25) is 5.02 Å². The summed E-state index contributed by atoms with van der Waals surface area (Å²) in [5.41, 5.74) is 4.36. The van der Waals surface area contributed by atoms with Gasteiger partial charge in [0.25, 0.3) is 0 Å². The molecular weight excluding hydrogens is 273 g/mol. The fourth-order valence-corrected chi connectivity index (χ4v) is 2.42. The molecule has 0 aliphatic heterocycles. The SMILES string of the molecule is Cc1ccc(C)c(C(C)NCc2ccc(Cl)cc2F)c1. The van der Waals surface area contributed by atoms with Gasteiger partial charge in [0.05, 0.1) is 0 Å². The molecule has 1 unspecified atom stereocenters. The number of benzene rings is 2. The predicted molar refractivity (Wildman–Crippen MR) is 82.6 cm³/mol. The van der Waals surface area contributed by atoms with Gasteiger partial charge in [-0.3, -0.25) is 0 Å². The number of hydrogen-bond donors (Lipinski definition) is 1. The Kier molecular flexibility index (Phi) is 4.79. The highest BCUT2D eigenvalue weighted by Crippen LogP contribution is 2.20. The van der Waals surface area contributed by atoms with Crippen molar-refractivity contribution in [2.45, 2.75) is 33.4 Å². The van der Waals surface area contributed by atoms with E-state index in [1.807, 2.05) is 0 Å². The normalized spacial score (nSPS) is 12.4. The van der Waals surface area contributed by atoms with E-state index in [4.69, 9.17) is 11.6 Å². The zero-order chi connectivity index (χ0) is 14.7. The van der Waals surface area contributed by atoms with Crippen molar-refractivity contribution < 1.29 is 4.39 Å². The molecule has 0 aliphatic carbocycles. The topological polar surface area (TPSA) is 12.0 Å². The Morgan fingerprint density at radius 1 is 1.15 bits per heavy atom. The highest BCUT2D eigenvalue weighted by Gasteiger charge is 2.10. The van der Waals surface area contributed by atoms with Crippen molar-refractivity contribution in [1.29, 1.82) is 0 Å². The molecule has 0 saturated heterocycles. The van der Waals surface area contributed by atoms with Gasteiger partial charge in [-0.15, -0.1) is 0 Å². The van der Waals surface area contributed by atoms with E-state index in [-0.39, 0.29) is 11.9 Å². The second-order valence-electron chi connectivity index (χ2n) is 5.20. The summed E-state index contributed by atoms with van der Waals surface area (Å²) in [6.07, 6.45) is 0. The van der Waals surface area contributed by atoms with Gasteiger partial charge >= 0.3 is 0 Å². The first kappa shape index (κ1) is 15.0. The third-order valence-corrected chi connectivity index (χ3v) is 3.75. The lowest BCUT2D eigenvalue weighted by atomic mass is 10.00. The van der Waals surface area contributed by atoms with Gasteiger partial charge in [0.2, 0.25) is 0 Å². The summed E-state index contributed by atoms with van der Waals surface area (Å²) in [5.74, 6) is -0.266. The van der Waals surface area contributed by atoms with E-state index in [2.05, 4.69) is 44.3 Å². The third-order valence-electron chi connectivity index (χ3n) is 3.52. The monoisotopic (exact) mass is 291 g/mol. The number of rotatable bonds is 4. The molecule has 1 nitrogen and oxygen atoms in total. The van der Waals surface area contributed by atoms with E-state index in [0.717, 1.165) is 0 Å². The Bertz CT molecular complexity index is 610. The molecule has 0 aliphatic rings. The van der Waals surface area contributed by atoms with Gasteiger partial charge in [-0.2, -0.15) is 0 Å². The van der Waals surface area contributed by atoms with Crippen LogP contribution in [0, 0.1) is 19.7 Å². The predicted octanol–water partition coefficient (Wildman–Crippen LogP) is 4.95. The molecule has 0 spiro atoms. The molecular formula is C17H19ClFN. The number of aryl methyl sites for hydroxylation is 2. The number of hydrogen-bond acceptors (Lipinski definition) is 1. The Labute approximate surface area is 124 Å². The van der Waals surface area contributed by atoms with Crippen LogP contribution < -0.4 is 5.32 Å². The molecule has 0 saturated carbocycles. The molecule has 2 aromatic rings. The van der Waals surface area contributed by atoms with Gasteiger partial charge in [-0.25, -0.2) is 4.39 Å². The van der Waals surface area contributed by atoms with Crippen molar-refractivity contribution in [2.24, 2.45) is 0 Å². The molecule has 0 aromatic heterocycles. The van der Waals surface area contributed by atoms with Crippen LogP contribution >= 0.6 is 11.6 Å². The number of nitrogens with one attached hydrogen (secondary N) is 1. The lowest BCUT2D eigenvalue weighted by molar-refractivity contribution is 0.542. The summed E-state index contributed by atoms with van der Waals surface area (Å²) < 4.78 is 13.7. The van der Waals surface area contributed by atoms with E-state index in [1.54, 1.807) is 12.1 Å².